The summed E-state index contributed by atoms with van der Waals surface area (Å²) in [6.45, 7) is 3.83. The van der Waals surface area contributed by atoms with Gasteiger partial charge in [0.2, 0.25) is 10.9 Å². The van der Waals surface area contributed by atoms with Crippen molar-refractivity contribution in [2.45, 2.75) is 30.0 Å². The quantitative estimate of drug-likeness (QED) is 0.640. The highest BCUT2D eigenvalue weighted by Crippen LogP contribution is 2.22. The standard InChI is InChI=1S/C19H25N5O2S2/c25-16(20-10-13-24-11-6-1-2-7-12-24)14-27-19-23-22-18(28-19)17(26)21-15-8-4-3-5-9-15/h3-5,8-9H,1-2,6-7,10-14H2,(H,20,25)(H,21,26). The Morgan fingerprint density at radius 1 is 1.07 bits per heavy atom. The van der Waals surface area contributed by atoms with Crippen molar-refractivity contribution in [1.29, 1.82) is 0 Å². The average molecular weight is 420 g/mol. The minimum Gasteiger partial charge on any atom is -0.354 e. The molecule has 1 fully saturated rings. The maximum Gasteiger partial charge on any atom is 0.286 e. The highest BCUT2D eigenvalue weighted by molar-refractivity contribution is 8.01. The molecule has 1 aliphatic rings. The van der Waals surface area contributed by atoms with Crippen LogP contribution in [0, 0.1) is 0 Å². The predicted octanol–water partition coefficient (Wildman–Crippen LogP) is 2.87. The van der Waals surface area contributed by atoms with Crippen LogP contribution in [-0.4, -0.2) is 58.8 Å². The maximum absolute atomic E-state index is 12.2. The van der Waals surface area contributed by atoms with Gasteiger partial charge in [-0.05, 0) is 38.1 Å². The Morgan fingerprint density at radius 2 is 1.82 bits per heavy atom. The van der Waals surface area contributed by atoms with E-state index in [1.54, 1.807) is 0 Å². The maximum atomic E-state index is 12.2. The van der Waals surface area contributed by atoms with Crippen molar-refractivity contribution in [3.05, 3.63) is 35.3 Å². The molecule has 0 spiro atoms. The van der Waals surface area contributed by atoms with Crippen LogP contribution in [0.4, 0.5) is 5.69 Å². The van der Waals surface area contributed by atoms with E-state index >= 15 is 0 Å². The number of para-hydroxylation sites is 1. The van der Waals surface area contributed by atoms with Gasteiger partial charge in [0.05, 0.1) is 5.75 Å². The molecule has 150 valence electrons. The second-order valence-electron chi connectivity index (χ2n) is 6.59. The summed E-state index contributed by atoms with van der Waals surface area (Å²) in [5.41, 5.74) is 0.709. The number of rotatable bonds is 8. The molecule has 3 rings (SSSR count). The van der Waals surface area contributed by atoms with Gasteiger partial charge in [-0.2, -0.15) is 0 Å². The van der Waals surface area contributed by atoms with E-state index in [0.717, 1.165) is 19.6 Å². The average Bonchev–Trinajstić information content (AvgIpc) is 3.04. The van der Waals surface area contributed by atoms with Gasteiger partial charge in [-0.1, -0.05) is 54.1 Å². The topological polar surface area (TPSA) is 87.2 Å². The molecule has 0 bridgehead atoms. The van der Waals surface area contributed by atoms with Crippen LogP contribution in [0.2, 0.25) is 0 Å². The van der Waals surface area contributed by atoms with Gasteiger partial charge in [0.25, 0.3) is 5.91 Å². The van der Waals surface area contributed by atoms with Crippen molar-refractivity contribution in [3.8, 4) is 0 Å². The summed E-state index contributed by atoms with van der Waals surface area (Å²) in [7, 11) is 0. The fourth-order valence-corrected chi connectivity index (χ4v) is 4.53. The lowest BCUT2D eigenvalue weighted by Crippen LogP contribution is -2.36. The summed E-state index contributed by atoms with van der Waals surface area (Å²) in [6, 6.07) is 9.20. The van der Waals surface area contributed by atoms with Crippen molar-refractivity contribution < 1.29 is 9.59 Å². The van der Waals surface area contributed by atoms with E-state index in [1.165, 1.54) is 48.8 Å². The first-order valence-corrected chi connectivity index (χ1v) is 11.3. The number of carbonyl (C=O) groups is 2. The number of thioether (sulfide) groups is 1. The predicted molar refractivity (Wildman–Crippen MR) is 113 cm³/mol. The molecule has 1 aromatic carbocycles. The van der Waals surface area contributed by atoms with Gasteiger partial charge in [0.15, 0.2) is 4.34 Å². The monoisotopic (exact) mass is 419 g/mol. The zero-order valence-corrected chi connectivity index (χ0v) is 17.4. The molecule has 0 unspecified atom stereocenters. The number of benzene rings is 1. The molecule has 1 saturated heterocycles. The summed E-state index contributed by atoms with van der Waals surface area (Å²) in [5.74, 6) is -0.0441. The first-order valence-electron chi connectivity index (χ1n) is 9.52. The summed E-state index contributed by atoms with van der Waals surface area (Å²) in [5, 5.41) is 13.9. The molecule has 2 N–H and O–H groups in total. The Labute approximate surface area is 173 Å². The van der Waals surface area contributed by atoms with E-state index < -0.39 is 0 Å². The van der Waals surface area contributed by atoms with E-state index in [9.17, 15) is 9.59 Å². The zero-order chi connectivity index (χ0) is 19.6. The van der Waals surface area contributed by atoms with Crippen molar-refractivity contribution in [3.63, 3.8) is 0 Å². The number of carbonyl (C=O) groups excluding carboxylic acids is 2. The highest BCUT2D eigenvalue weighted by Gasteiger charge is 2.15. The smallest absolute Gasteiger partial charge is 0.286 e. The third-order valence-corrected chi connectivity index (χ3v) is 6.46. The summed E-state index contributed by atoms with van der Waals surface area (Å²) >= 11 is 2.49. The molecule has 9 heteroatoms. The molecule has 0 atom stereocenters. The second-order valence-corrected chi connectivity index (χ2v) is 8.79. The van der Waals surface area contributed by atoms with Crippen LogP contribution in [0.25, 0.3) is 0 Å². The van der Waals surface area contributed by atoms with E-state index in [0.29, 0.717) is 16.6 Å². The lowest BCUT2D eigenvalue weighted by atomic mass is 10.2. The van der Waals surface area contributed by atoms with Gasteiger partial charge < -0.3 is 15.5 Å². The SMILES string of the molecule is O=C(CSc1nnc(C(=O)Nc2ccccc2)s1)NCCN1CCCCCC1. The number of amides is 2. The number of likely N-dealkylation sites (tertiary alicyclic amines) is 1. The van der Waals surface area contributed by atoms with Crippen LogP contribution in [0.15, 0.2) is 34.7 Å². The molecule has 1 aromatic heterocycles. The number of hydrogen-bond acceptors (Lipinski definition) is 7. The summed E-state index contributed by atoms with van der Waals surface area (Å²) < 4.78 is 0.612. The molecular weight excluding hydrogens is 394 g/mol. The van der Waals surface area contributed by atoms with E-state index in [1.807, 2.05) is 30.3 Å². The van der Waals surface area contributed by atoms with Crippen molar-refractivity contribution >= 4 is 40.6 Å². The van der Waals surface area contributed by atoms with Gasteiger partial charge in [0.1, 0.15) is 0 Å². The zero-order valence-electron chi connectivity index (χ0n) is 15.7. The molecule has 2 amide bonds. The van der Waals surface area contributed by atoms with Crippen molar-refractivity contribution in [2.24, 2.45) is 0 Å². The van der Waals surface area contributed by atoms with Crippen LogP contribution < -0.4 is 10.6 Å². The Hall–Kier alpha value is -1.97. The van der Waals surface area contributed by atoms with Crippen molar-refractivity contribution in [1.82, 2.24) is 20.4 Å². The number of anilines is 1. The van der Waals surface area contributed by atoms with Crippen LogP contribution in [0.3, 0.4) is 0 Å². The molecule has 7 nitrogen and oxygen atoms in total. The number of aromatic nitrogens is 2. The molecule has 0 aliphatic carbocycles. The van der Waals surface area contributed by atoms with Crippen molar-refractivity contribution in [2.75, 3.05) is 37.2 Å². The van der Waals surface area contributed by atoms with Gasteiger partial charge in [-0.25, -0.2) is 0 Å². The van der Waals surface area contributed by atoms with Gasteiger partial charge in [0, 0.05) is 18.8 Å². The summed E-state index contributed by atoms with van der Waals surface area (Å²) in [6.07, 6.45) is 5.13. The lowest BCUT2D eigenvalue weighted by molar-refractivity contribution is -0.118. The highest BCUT2D eigenvalue weighted by atomic mass is 32.2. The molecule has 28 heavy (non-hydrogen) atoms. The normalized spacial score (nSPS) is 15.0. The van der Waals surface area contributed by atoms with E-state index in [2.05, 4.69) is 25.7 Å². The third-order valence-electron chi connectivity index (χ3n) is 4.41. The van der Waals surface area contributed by atoms with Crippen LogP contribution in [-0.2, 0) is 4.79 Å². The van der Waals surface area contributed by atoms with Gasteiger partial charge in [-0.3, -0.25) is 9.59 Å². The lowest BCUT2D eigenvalue weighted by Gasteiger charge is -2.19. The molecule has 2 heterocycles. The van der Waals surface area contributed by atoms with Crippen LogP contribution in [0.5, 0.6) is 0 Å². The Morgan fingerprint density at radius 3 is 2.57 bits per heavy atom. The number of nitrogens with zero attached hydrogens (tertiary/aromatic N) is 3. The van der Waals surface area contributed by atoms with Gasteiger partial charge >= 0.3 is 0 Å². The fourth-order valence-electron chi connectivity index (χ4n) is 2.96. The van der Waals surface area contributed by atoms with Gasteiger partial charge in [-0.15, -0.1) is 10.2 Å². The number of hydrogen-bond donors (Lipinski definition) is 2. The molecule has 2 aromatic rings. The first kappa shape index (κ1) is 20.8. The fraction of sp³-hybridized carbons (Fsp3) is 0.474. The van der Waals surface area contributed by atoms with Crippen LogP contribution >= 0.6 is 23.1 Å². The minimum atomic E-state index is -0.294. The van der Waals surface area contributed by atoms with E-state index in [4.69, 9.17) is 0 Å². The Bertz CT molecular complexity index is 761. The third kappa shape index (κ3) is 6.88. The molecule has 0 saturated carbocycles. The second kappa shape index (κ2) is 11.1. The number of nitrogens with one attached hydrogen (secondary N) is 2. The van der Waals surface area contributed by atoms with E-state index in [-0.39, 0.29) is 22.6 Å². The minimum absolute atomic E-state index is 0.0229. The largest absolute Gasteiger partial charge is 0.354 e. The first-order chi connectivity index (χ1) is 13.7. The summed E-state index contributed by atoms with van der Waals surface area (Å²) in [4.78, 5) is 26.6. The molecule has 1 aliphatic heterocycles. The molecule has 0 radical (unpaired) electrons. The Balaban J connectivity index is 1.36. The Kier molecular flexibility index (Phi) is 8.25. The molecular formula is C19H25N5O2S2. The van der Waals surface area contributed by atoms with Crippen LogP contribution in [0.1, 0.15) is 35.5 Å².